The van der Waals surface area contributed by atoms with Crippen molar-refractivity contribution in [2.75, 3.05) is 0 Å². The first-order valence-corrected chi connectivity index (χ1v) is 13.6. The Morgan fingerprint density at radius 3 is 2.02 bits per heavy atom. The summed E-state index contributed by atoms with van der Waals surface area (Å²) >= 11 is 0. The van der Waals surface area contributed by atoms with Crippen LogP contribution >= 0.6 is 0 Å². The minimum Gasteiger partial charge on any atom is -0.508 e. The lowest BCUT2D eigenvalue weighted by Gasteiger charge is -2.25. The monoisotopic (exact) mass is 609 g/mol. The predicted molar refractivity (Wildman–Crippen MR) is 157 cm³/mol. The zero-order chi connectivity index (χ0) is 32.4. The molecule has 2 aromatic carbocycles. The maximum absolute atomic E-state index is 13.5. The standard InChI is InChI=1S/C29H35N7O8/c30-19(12-16-14-33-20-4-2-1-3-18(16)20)26(40)35-22(11-15-5-7-17(37)8-6-15)27(41)36-23(13-25(32)39)28(42)34-21(29(43)44)9-10-24(31)38/h1-8,14,19,21-23,33,37H,9-13,30H2,(H2,31,38)(H2,32,39)(H,34,42)(H,35,40)(H,36,41)(H,43,44). The van der Waals surface area contributed by atoms with Crippen molar-refractivity contribution in [3.63, 3.8) is 0 Å². The minimum atomic E-state index is -1.62. The van der Waals surface area contributed by atoms with Gasteiger partial charge in [-0.05, 0) is 42.2 Å². The van der Waals surface area contributed by atoms with Crippen LogP contribution in [0.15, 0.2) is 54.7 Å². The Morgan fingerprint density at radius 2 is 1.39 bits per heavy atom. The van der Waals surface area contributed by atoms with Gasteiger partial charge in [0, 0.05) is 29.9 Å². The number of phenolic OH excluding ortho intramolecular Hbond substituents is 1. The van der Waals surface area contributed by atoms with Crippen LogP contribution in [0.3, 0.4) is 0 Å². The van der Waals surface area contributed by atoms with E-state index in [0.717, 1.165) is 16.5 Å². The Balaban J connectivity index is 1.79. The van der Waals surface area contributed by atoms with E-state index in [-0.39, 0.29) is 31.4 Å². The Morgan fingerprint density at radius 1 is 0.773 bits per heavy atom. The summed E-state index contributed by atoms with van der Waals surface area (Å²) in [6, 6.07) is 7.73. The molecule has 0 aliphatic heterocycles. The lowest BCUT2D eigenvalue weighted by Crippen LogP contribution is -2.58. The van der Waals surface area contributed by atoms with E-state index in [1.54, 1.807) is 6.20 Å². The van der Waals surface area contributed by atoms with E-state index >= 15 is 0 Å². The number of nitrogens with one attached hydrogen (secondary N) is 4. The van der Waals surface area contributed by atoms with Crippen LogP contribution in [0.5, 0.6) is 5.75 Å². The molecule has 12 N–H and O–H groups in total. The largest absolute Gasteiger partial charge is 0.508 e. The lowest BCUT2D eigenvalue weighted by atomic mass is 10.0. The molecule has 0 bridgehead atoms. The van der Waals surface area contributed by atoms with E-state index in [4.69, 9.17) is 17.2 Å². The van der Waals surface area contributed by atoms with Crippen molar-refractivity contribution in [3.05, 3.63) is 65.9 Å². The molecule has 1 heterocycles. The van der Waals surface area contributed by atoms with E-state index in [1.165, 1.54) is 24.3 Å². The average Bonchev–Trinajstić information content (AvgIpc) is 3.37. The van der Waals surface area contributed by atoms with Crippen LogP contribution in [0.4, 0.5) is 0 Å². The highest BCUT2D eigenvalue weighted by molar-refractivity contribution is 5.96. The van der Waals surface area contributed by atoms with Gasteiger partial charge in [0.1, 0.15) is 23.9 Å². The van der Waals surface area contributed by atoms with Crippen LogP contribution in [0, 0.1) is 0 Å². The number of rotatable bonds is 16. The predicted octanol–water partition coefficient (Wildman–Crippen LogP) is -1.33. The number of aromatic amines is 1. The number of aromatic hydroxyl groups is 1. The molecule has 1 aromatic heterocycles. The highest BCUT2D eigenvalue weighted by Crippen LogP contribution is 2.19. The number of nitrogens with two attached hydrogens (primary N) is 3. The van der Waals surface area contributed by atoms with Crippen LogP contribution in [0.2, 0.25) is 0 Å². The molecular formula is C29H35N7O8. The fourth-order valence-electron chi connectivity index (χ4n) is 4.48. The third kappa shape index (κ3) is 9.55. The van der Waals surface area contributed by atoms with Gasteiger partial charge in [-0.25, -0.2) is 4.79 Å². The van der Waals surface area contributed by atoms with Gasteiger partial charge in [0.15, 0.2) is 0 Å². The Kier molecular flexibility index (Phi) is 11.4. The fourth-order valence-corrected chi connectivity index (χ4v) is 4.48. The quantitative estimate of drug-likeness (QED) is 0.0929. The maximum Gasteiger partial charge on any atom is 0.326 e. The second kappa shape index (κ2) is 15.2. The van der Waals surface area contributed by atoms with Crippen molar-refractivity contribution in [1.82, 2.24) is 20.9 Å². The van der Waals surface area contributed by atoms with Crippen molar-refractivity contribution < 1.29 is 39.0 Å². The van der Waals surface area contributed by atoms with Crippen LogP contribution in [0.1, 0.15) is 30.4 Å². The summed E-state index contributed by atoms with van der Waals surface area (Å²) in [5, 5.41) is 27.1. The summed E-state index contributed by atoms with van der Waals surface area (Å²) < 4.78 is 0. The van der Waals surface area contributed by atoms with E-state index in [2.05, 4.69) is 20.9 Å². The summed E-state index contributed by atoms with van der Waals surface area (Å²) in [5.74, 6) is -5.89. The van der Waals surface area contributed by atoms with E-state index in [9.17, 15) is 39.0 Å². The molecule has 4 unspecified atom stereocenters. The number of H-pyrrole nitrogens is 1. The lowest BCUT2D eigenvalue weighted by molar-refractivity contribution is -0.142. The first-order chi connectivity index (χ1) is 20.8. The van der Waals surface area contributed by atoms with Crippen LogP contribution in [-0.2, 0) is 41.6 Å². The van der Waals surface area contributed by atoms with Crippen molar-refractivity contribution >= 4 is 46.4 Å². The third-order valence-electron chi connectivity index (χ3n) is 6.79. The Bertz CT molecular complexity index is 1520. The first kappa shape index (κ1) is 33.1. The molecular weight excluding hydrogens is 574 g/mol. The fraction of sp³-hybridized carbons (Fsp3) is 0.310. The molecule has 4 atom stereocenters. The number of carbonyl (C=O) groups is 6. The van der Waals surface area contributed by atoms with Crippen molar-refractivity contribution in [3.8, 4) is 5.75 Å². The number of amides is 5. The van der Waals surface area contributed by atoms with E-state index < -0.39 is 66.1 Å². The van der Waals surface area contributed by atoms with Gasteiger partial charge in [0.2, 0.25) is 29.5 Å². The molecule has 234 valence electrons. The molecule has 15 nitrogen and oxygen atoms in total. The van der Waals surface area contributed by atoms with Gasteiger partial charge >= 0.3 is 5.97 Å². The number of carboxylic acid groups (broad SMARTS) is 1. The number of aromatic nitrogens is 1. The van der Waals surface area contributed by atoms with Crippen LogP contribution in [0.25, 0.3) is 10.9 Å². The zero-order valence-electron chi connectivity index (χ0n) is 23.6. The Labute approximate surface area is 251 Å². The molecule has 0 spiro atoms. The zero-order valence-corrected chi connectivity index (χ0v) is 23.6. The van der Waals surface area contributed by atoms with Gasteiger partial charge in [-0.3, -0.25) is 24.0 Å². The summed E-state index contributed by atoms with van der Waals surface area (Å²) in [7, 11) is 0. The van der Waals surface area contributed by atoms with Gasteiger partial charge in [-0.1, -0.05) is 30.3 Å². The first-order valence-electron chi connectivity index (χ1n) is 13.6. The number of benzene rings is 2. The number of carboxylic acids is 1. The van der Waals surface area contributed by atoms with E-state index in [1.807, 2.05) is 24.3 Å². The highest BCUT2D eigenvalue weighted by Gasteiger charge is 2.31. The third-order valence-corrected chi connectivity index (χ3v) is 6.79. The number of para-hydroxylation sites is 1. The molecule has 0 aliphatic carbocycles. The van der Waals surface area contributed by atoms with Gasteiger partial charge in [-0.15, -0.1) is 0 Å². The average molecular weight is 610 g/mol. The van der Waals surface area contributed by atoms with Crippen molar-refractivity contribution in [1.29, 1.82) is 0 Å². The molecule has 0 saturated heterocycles. The second-order valence-corrected chi connectivity index (χ2v) is 10.2. The van der Waals surface area contributed by atoms with Gasteiger partial charge < -0.3 is 48.3 Å². The summed E-state index contributed by atoms with van der Waals surface area (Å²) in [5.41, 5.74) is 18.7. The maximum atomic E-state index is 13.5. The van der Waals surface area contributed by atoms with E-state index in [0.29, 0.717) is 5.56 Å². The molecule has 5 amide bonds. The minimum absolute atomic E-state index is 0.0259. The summed E-state index contributed by atoms with van der Waals surface area (Å²) in [6.45, 7) is 0. The van der Waals surface area contributed by atoms with Crippen molar-refractivity contribution in [2.24, 2.45) is 17.2 Å². The van der Waals surface area contributed by atoms with Crippen molar-refractivity contribution in [2.45, 2.75) is 56.3 Å². The molecule has 3 aromatic rings. The Hall–Kier alpha value is -5.44. The SMILES string of the molecule is NC(=O)CCC(NC(=O)C(CC(N)=O)NC(=O)C(Cc1ccc(O)cc1)NC(=O)C(N)Cc1c[nH]c2ccccc12)C(=O)O. The molecule has 3 rings (SSSR count). The normalized spacial score (nSPS) is 13.7. The van der Waals surface area contributed by atoms with Gasteiger partial charge in [-0.2, -0.15) is 0 Å². The number of phenols is 1. The molecule has 0 radical (unpaired) electrons. The molecule has 0 saturated carbocycles. The molecule has 15 heteroatoms. The number of fused-ring (bicyclic) bond motifs is 1. The van der Waals surface area contributed by atoms with Crippen LogP contribution in [-0.4, -0.2) is 74.9 Å². The number of hydrogen-bond acceptors (Lipinski definition) is 8. The summed E-state index contributed by atoms with van der Waals surface area (Å²) in [6.07, 6.45) is 0.404. The summed E-state index contributed by atoms with van der Waals surface area (Å²) in [4.78, 5) is 77.1. The number of carbonyl (C=O) groups excluding carboxylic acids is 5. The number of primary amides is 2. The smallest absolute Gasteiger partial charge is 0.326 e. The number of hydrogen-bond donors (Lipinski definition) is 9. The van der Waals surface area contributed by atoms with Crippen LogP contribution < -0.4 is 33.2 Å². The molecule has 0 fully saturated rings. The van der Waals surface area contributed by atoms with Gasteiger partial charge in [0.25, 0.3) is 0 Å². The second-order valence-electron chi connectivity index (χ2n) is 10.2. The topological polar surface area (TPSA) is 273 Å². The molecule has 0 aliphatic rings. The highest BCUT2D eigenvalue weighted by atomic mass is 16.4. The number of aliphatic carboxylic acids is 1. The van der Waals surface area contributed by atoms with Gasteiger partial charge in [0.05, 0.1) is 12.5 Å². The molecule has 44 heavy (non-hydrogen) atoms.